The van der Waals surface area contributed by atoms with Crippen LogP contribution in [-0.4, -0.2) is 33.5 Å². The van der Waals surface area contributed by atoms with Gasteiger partial charge in [-0.05, 0) is 36.5 Å². The van der Waals surface area contributed by atoms with Gasteiger partial charge in [0.25, 0.3) is 0 Å². The van der Waals surface area contributed by atoms with Crippen LogP contribution >= 0.6 is 0 Å². The minimum atomic E-state index is -4.41. The molecule has 1 N–H and O–H groups in total. The molecule has 1 aromatic carbocycles. The van der Waals surface area contributed by atoms with Crippen LogP contribution in [0.2, 0.25) is 0 Å². The third-order valence-corrected chi connectivity index (χ3v) is 5.33. The molecule has 0 bridgehead atoms. The number of pyridine rings is 1. The van der Waals surface area contributed by atoms with E-state index in [9.17, 15) is 18.0 Å². The Balaban J connectivity index is 1.34. The molecule has 3 atom stereocenters. The van der Waals surface area contributed by atoms with Crippen LogP contribution in [-0.2, 0) is 11.8 Å². The first kappa shape index (κ1) is 20.2. The lowest BCUT2D eigenvalue weighted by Crippen LogP contribution is -2.28. The van der Waals surface area contributed by atoms with Gasteiger partial charge in [-0.25, -0.2) is 4.98 Å². The van der Waals surface area contributed by atoms with Crippen LogP contribution in [0.3, 0.4) is 0 Å². The molecule has 4 rings (SSSR count). The Morgan fingerprint density at radius 1 is 1.30 bits per heavy atom. The topological polar surface area (TPSA) is 69.0 Å². The number of aromatic nitrogens is 3. The van der Waals surface area contributed by atoms with Gasteiger partial charge in [0, 0.05) is 30.6 Å². The van der Waals surface area contributed by atoms with E-state index in [2.05, 4.69) is 26.2 Å². The molecule has 2 unspecified atom stereocenters. The summed E-state index contributed by atoms with van der Waals surface area (Å²) in [6, 6.07) is 8.78. The van der Waals surface area contributed by atoms with Gasteiger partial charge in [-0.15, -0.1) is 0 Å². The van der Waals surface area contributed by atoms with Crippen molar-refractivity contribution in [3.8, 4) is 5.88 Å². The number of amides is 1. The Bertz CT molecular complexity index is 1060. The van der Waals surface area contributed by atoms with Gasteiger partial charge in [0.05, 0.1) is 17.8 Å². The first-order valence-electron chi connectivity index (χ1n) is 9.59. The van der Waals surface area contributed by atoms with E-state index in [4.69, 9.17) is 0 Å². The molecule has 0 aliphatic heterocycles. The molecule has 30 heavy (non-hydrogen) atoms. The first-order valence-corrected chi connectivity index (χ1v) is 9.59. The smallest absolute Gasteiger partial charge is 0.422 e. The quantitative estimate of drug-likeness (QED) is 0.660. The fourth-order valence-electron chi connectivity index (χ4n) is 3.54. The molecule has 2 aromatic heterocycles. The van der Waals surface area contributed by atoms with E-state index in [1.54, 1.807) is 6.07 Å². The zero-order valence-corrected chi connectivity index (χ0v) is 16.5. The van der Waals surface area contributed by atoms with Crippen molar-refractivity contribution < 1.29 is 22.7 Å². The molecule has 9 heteroatoms. The number of alkyl halides is 3. The normalized spacial score (nSPS) is 19.5. The number of carbonyl (C=O) groups is 1. The van der Waals surface area contributed by atoms with Crippen molar-refractivity contribution >= 4 is 16.8 Å². The van der Waals surface area contributed by atoms with Crippen LogP contribution in [0.25, 0.3) is 10.9 Å². The largest absolute Gasteiger partial charge is 0.468 e. The number of benzene rings is 1. The fraction of sp³-hybridized carbons (Fsp3) is 0.381. The van der Waals surface area contributed by atoms with E-state index < -0.39 is 12.8 Å². The molecular weight excluding hydrogens is 397 g/mol. The second-order valence-electron chi connectivity index (χ2n) is 7.60. The Hall–Kier alpha value is -3.10. The highest BCUT2D eigenvalue weighted by Crippen LogP contribution is 2.48. The number of rotatable bonds is 6. The van der Waals surface area contributed by atoms with Crippen molar-refractivity contribution in [1.29, 1.82) is 0 Å². The third kappa shape index (κ3) is 4.39. The van der Waals surface area contributed by atoms with Crippen molar-refractivity contribution in [2.75, 3.05) is 6.61 Å². The summed E-state index contributed by atoms with van der Waals surface area (Å²) >= 11 is 0. The second-order valence-corrected chi connectivity index (χ2v) is 7.60. The lowest BCUT2D eigenvalue weighted by Gasteiger charge is -2.15. The van der Waals surface area contributed by atoms with E-state index in [0.717, 1.165) is 22.9 Å². The van der Waals surface area contributed by atoms with E-state index in [1.165, 1.54) is 12.3 Å². The number of fused-ring (bicyclic) bond motifs is 1. The first-order chi connectivity index (χ1) is 14.2. The highest BCUT2D eigenvalue weighted by Gasteiger charge is 2.44. The van der Waals surface area contributed by atoms with Crippen LogP contribution in [0, 0.1) is 5.92 Å². The Morgan fingerprint density at radius 3 is 2.80 bits per heavy atom. The molecule has 0 saturated heterocycles. The molecule has 0 spiro atoms. The summed E-state index contributed by atoms with van der Waals surface area (Å²) in [5.41, 5.74) is 2.84. The predicted octanol–water partition coefficient (Wildman–Crippen LogP) is 3.89. The van der Waals surface area contributed by atoms with Gasteiger partial charge in [0.1, 0.15) is 0 Å². The summed E-state index contributed by atoms with van der Waals surface area (Å²) in [5, 5.41) is 8.26. The summed E-state index contributed by atoms with van der Waals surface area (Å²) in [7, 11) is 1.89. The molecule has 3 aromatic rings. The van der Waals surface area contributed by atoms with Gasteiger partial charge in [0.15, 0.2) is 6.61 Å². The number of hydrogen-bond acceptors (Lipinski definition) is 4. The molecule has 1 saturated carbocycles. The maximum absolute atomic E-state index is 12.6. The average molecular weight is 418 g/mol. The number of halogens is 3. The van der Waals surface area contributed by atoms with E-state index in [1.807, 2.05) is 37.0 Å². The van der Waals surface area contributed by atoms with E-state index >= 15 is 0 Å². The third-order valence-electron chi connectivity index (χ3n) is 5.33. The van der Waals surface area contributed by atoms with Crippen molar-refractivity contribution in [3.63, 3.8) is 0 Å². The zero-order valence-electron chi connectivity index (χ0n) is 16.5. The van der Waals surface area contributed by atoms with Gasteiger partial charge in [-0.2, -0.15) is 18.3 Å². The van der Waals surface area contributed by atoms with Crippen LogP contribution in [0.5, 0.6) is 5.88 Å². The summed E-state index contributed by atoms with van der Waals surface area (Å²) in [6.45, 7) is 0.420. The summed E-state index contributed by atoms with van der Waals surface area (Å²) in [6.07, 6.45) is -0.406. The Labute approximate surface area is 171 Å². The monoisotopic (exact) mass is 418 g/mol. The highest BCUT2D eigenvalue weighted by molar-refractivity contribution is 5.84. The number of nitrogens with one attached hydrogen (secondary N) is 1. The number of hydrogen-bond donors (Lipinski definition) is 1. The number of ether oxygens (including phenoxy) is 1. The number of nitrogens with zero attached hydrogens (tertiary/aromatic N) is 3. The Morgan fingerprint density at radius 2 is 2.10 bits per heavy atom. The molecule has 158 valence electrons. The van der Waals surface area contributed by atoms with E-state index in [-0.39, 0.29) is 29.7 Å². The number of aryl methyl sites for hydroxylation is 1. The zero-order chi connectivity index (χ0) is 21.5. The summed E-state index contributed by atoms with van der Waals surface area (Å²) in [4.78, 5) is 16.5. The summed E-state index contributed by atoms with van der Waals surface area (Å²) < 4.78 is 43.0. The molecule has 1 aliphatic carbocycles. The van der Waals surface area contributed by atoms with Crippen molar-refractivity contribution in [3.05, 3.63) is 53.9 Å². The molecule has 0 radical (unpaired) electrons. The van der Waals surface area contributed by atoms with Crippen LogP contribution < -0.4 is 10.1 Å². The highest BCUT2D eigenvalue weighted by atomic mass is 19.4. The lowest BCUT2D eigenvalue weighted by molar-refractivity contribution is -0.154. The average Bonchev–Trinajstić information content (AvgIpc) is 3.43. The van der Waals surface area contributed by atoms with Gasteiger partial charge >= 0.3 is 6.18 Å². The van der Waals surface area contributed by atoms with Crippen molar-refractivity contribution in [2.24, 2.45) is 13.0 Å². The standard InChI is InChI=1S/C21H21F3N4O2/c1-12(14-5-6-19(25-9-14)30-11-21(22,23)24)27-20(29)17-8-16(17)13-3-4-15-10-26-28(2)18(15)7-13/h3-7,9-10,12,16-17H,8,11H2,1-2H3,(H,27,29)/t12-,16?,17?/m1/s1. The van der Waals surface area contributed by atoms with Gasteiger partial charge in [-0.3, -0.25) is 9.48 Å². The molecule has 1 amide bonds. The summed E-state index contributed by atoms with van der Waals surface area (Å²) in [5.74, 6) is -0.0781. The maximum Gasteiger partial charge on any atom is 0.422 e. The molecule has 1 aliphatic rings. The molecular formula is C21H21F3N4O2. The fourth-order valence-corrected chi connectivity index (χ4v) is 3.54. The van der Waals surface area contributed by atoms with Crippen LogP contribution in [0.15, 0.2) is 42.7 Å². The van der Waals surface area contributed by atoms with Gasteiger partial charge in [-0.1, -0.05) is 18.2 Å². The lowest BCUT2D eigenvalue weighted by atomic mass is 10.1. The number of carbonyl (C=O) groups excluding carboxylic acids is 1. The maximum atomic E-state index is 12.6. The SMILES string of the molecule is C[C@@H](NC(=O)C1CC1c1ccc2cnn(C)c2c1)c1ccc(OCC(F)(F)F)nc1. The van der Waals surface area contributed by atoms with Crippen LogP contribution in [0.1, 0.15) is 36.4 Å². The molecule has 2 heterocycles. The second kappa shape index (κ2) is 7.62. The van der Waals surface area contributed by atoms with Gasteiger partial charge < -0.3 is 10.1 Å². The minimum absolute atomic E-state index is 0.0463. The molecule has 6 nitrogen and oxygen atoms in total. The predicted molar refractivity (Wildman–Crippen MR) is 104 cm³/mol. The Kier molecular flexibility index (Phi) is 5.13. The van der Waals surface area contributed by atoms with Crippen LogP contribution in [0.4, 0.5) is 13.2 Å². The van der Waals surface area contributed by atoms with E-state index in [0.29, 0.717) is 5.56 Å². The van der Waals surface area contributed by atoms with Crippen molar-refractivity contribution in [2.45, 2.75) is 31.5 Å². The minimum Gasteiger partial charge on any atom is -0.468 e. The molecule has 1 fully saturated rings. The van der Waals surface area contributed by atoms with Crippen molar-refractivity contribution in [1.82, 2.24) is 20.1 Å². The van der Waals surface area contributed by atoms with Gasteiger partial charge in [0.2, 0.25) is 11.8 Å².